The molecular formula is C14H14FNO4. The number of carbonyl (C=O) groups excluding carboxylic acids is 3. The predicted molar refractivity (Wildman–Crippen MR) is 69.0 cm³/mol. The van der Waals surface area contributed by atoms with Crippen molar-refractivity contribution in [2.75, 3.05) is 18.1 Å². The summed E-state index contributed by atoms with van der Waals surface area (Å²) in [4.78, 5) is 35.9. The molecule has 0 atom stereocenters. The number of ketones is 1. The molecule has 0 fully saturated rings. The van der Waals surface area contributed by atoms with Crippen LogP contribution >= 0.6 is 0 Å². The molecule has 0 radical (unpaired) electrons. The largest absolute Gasteiger partial charge is 0.466 e. The fourth-order valence-electron chi connectivity index (χ4n) is 2.10. The summed E-state index contributed by atoms with van der Waals surface area (Å²) < 4.78 is 18.0. The minimum Gasteiger partial charge on any atom is -0.466 e. The molecule has 1 aromatic rings. The normalized spacial score (nSPS) is 13.6. The molecule has 1 amide bonds. The molecule has 20 heavy (non-hydrogen) atoms. The van der Waals surface area contributed by atoms with Gasteiger partial charge < -0.3 is 9.64 Å². The number of fused-ring (bicyclic) bond motifs is 1. The van der Waals surface area contributed by atoms with Crippen LogP contribution in [-0.2, 0) is 14.3 Å². The van der Waals surface area contributed by atoms with Gasteiger partial charge in [-0.15, -0.1) is 0 Å². The van der Waals surface area contributed by atoms with E-state index >= 15 is 0 Å². The summed E-state index contributed by atoms with van der Waals surface area (Å²) in [7, 11) is 0. The lowest BCUT2D eigenvalue weighted by Gasteiger charge is -2.16. The van der Waals surface area contributed by atoms with Gasteiger partial charge >= 0.3 is 5.97 Å². The number of nitrogens with zero attached hydrogens (tertiary/aromatic N) is 1. The van der Waals surface area contributed by atoms with E-state index in [1.54, 1.807) is 6.92 Å². The van der Waals surface area contributed by atoms with Crippen molar-refractivity contribution >= 4 is 23.3 Å². The highest BCUT2D eigenvalue weighted by molar-refractivity contribution is 6.52. The predicted octanol–water partition coefficient (Wildman–Crippen LogP) is 1.70. The van der Waals surface area contributed by atoms with Crippen LogP contribution in [0, 0.1) is 5.82 Å². The van der Waals surface area contributed by atoms with Gasteiger partial charge in [-0.1, -0.05) is 0 Å². The smallest absolute Gasteiger partial charge is 0.305 e. The molecule has 1 aliphatic heterocycles. The standard InChI is InChI=1S/C14H14FNO4/c1-2-20-12(17)4-3-7-16-11-8-9(15)5-6-10(11)13(18)14(16)19/h5-6,8H,2-4,7H2,1H3. The zero-order valence-electron chi connectivity index (χ0n) is 11.0. The first-order valence-corrected chi connectivity index (χ1v) is 6.36. The summed E-state index contributed by atoms with van der Waals surface area (Å²) in [6.07, 6.45) is 0.504. The van der Waals surface area contributed by atoms with E-state index in [1.165, 1.54) is 11.0 Å². The number of amides is 1. The van der Waals surface area contributed by atoms with Gasteiger partial charge in [0.05, 0.1) is 17.9 Å². The fraction of sp³-hybridized carbons (Fsp3) is 0.357. The van der Waals surface area contributed by atoms with Crippen molar-refractivity contribution in [2.24, 2.45) is 0 Å². The van der Waals surface area contributed by atoms with E-state index in [0.717, 1.165) is 12.1 Å². The van der Waals surface area contributed by atoms with E-state index in [9.17, 15) is 18.8 Å². The number of Topliss-reactive ketones (excluding diaryl/α,β-unsaturated/α-hetero) is 1. The van der Waals surface area contributed by atoms with Crippen LogP contribution in [0.1, 0.15) is 30.1 Å². The zero-order chi connectivity index (χ0) is 14.7. The Bertz CT molecular complexity index is 570. The van der Waals surface area contributed by atoms with Crippen LogP contribution in [0.15, 0.2) is 18.2 Å². The Balaban J connectivity index is 2.06. The second kappa shape index (κ2) is 5.81. The van der Waals surface area contributed by atoms with Crippen LogP contribution < -0.4 is 4.90 Å². The molecule has 0 saturated carbocycles. The maximum atomic E-state index is 13.2. The molecule has 0 bridgehead atoms. The molecule has 1 aromatic carbocycles. The average molecular weight is 279 g/mol. The topological polar surface area (TPSA) is 63.7 Å². The number of anilines is 1. The zero-order valence-corrected chi connectivity index (χ0v) is 11.0. The first kappa shape index (κ1) is 14.2. The van der Waals surface area contributed by atoms with Crippen LogP contribution in [0.4, 0.5) is 10.1 Å². The second-order valence-electron chi connectivity index (χ2n) is 4.36. The Hall–Kier alpha value is -2.24. The molecule has 0 saturated heterocycles. The quantitative estimate of drug-likeness (QED) is 0.608. The highest BCUT2D eigenvalue weighted by atomic mass is 19.1. The molecule has 5 nitrogen and oxygen atoms in total. The number of halogens is 1. The molecule has 0 spiro atoms. The van der Waals surface area contributed by atoms with Crippen LogP contribution in [-0.4, -0.2) is 30.8 Å². The van der Waals surface area contributed by atoms with Crippen LogP contribution in [0.3, 0.4) is 0 Å². The van der Waals surface area contributed by atoms with Crippen molar-refractivity contribution in [3.05, 3.63) is 29.6 Å². The van der Waals surface area contributed by atoms with E-state index in [2.05, 4.69) is 0 Å². The molecule has 6 heteroatoms. The van der Waals surface area contributed by atoms with E-state index in [1.807, 2.05) is 0 Å². The van der Waals surface area contributed by atoms with Crippen LogP contribution in [0.25, 0.3) is 0 Å². The Labute approximate surface area is 115 Å². The van der Waals surface area contributed by atoms with Crippen LogP contribution in [0.2, 0.25) is 0 Å². The summed E-state index contributed by atoms with van der Waals surface area (Å²) in [6, 6.07) is 3.60. The first-order chi connectivity index (χ1) is 9.54. The summed E-state index contributed by atoms with van der Waals surface area (Å²) in [6.45, 7) is 2.19. The van der Waals surface area contributed by atoms with Crippen LogP contribution in [0.5, 0.6) is 0 Å². The lowest BCUT2D eigenvalue weighted by atomic mass is 10.1. The van der Waals surface area contributed by atoms with Gasteiger partial charge in [-0.25, -0.2) is 4.39 Å². The van der Waals surface area contributed by atoms with E-state index < -0.39 is 17.5 Å². The van der Waals surface area contributed by atoms with Crippen molar-refractivity contribution in [1.82, 2.24) is 0 Å². The SMILES string of the molecule is CCOC(=O)CCCN1C(=O)C(=O)c2ccc(F)cc21. The van der Waals surface area contributed by atoms with E-state index in [4.69, 9.17) is 4.74 Å². The van der Waals surface area contributed by atoms with Gasteiger partial charge in [0.15, 0.2) is 0 Å². The van der Waals surface area contributed by atoms with Crippen molar-refractivity contribution in [3.63, 3.8) is 0 Å². The maximum absolute atomic E-state index is 13.2. The number of carbonyl (C=O) groups is 3. The minimum absolute atomic E-state index is 0.149. The van der Waals surface area contributed by atoms with Gasteiger partial charge in [-0.2, -0.15) is 0 Å². The minimum atomic E-state index is -0.686. The maximum Gasteiger partial charge on any atom is 0.305 e. The third-order valence-corrected chi connectivity index (χ3v) is 3.00. The monoisotopic (exact) mass is 279 g/mol. The fourth-order valence-corrected chi connectivity index (χ4v) is 2.10. The molecule has 2 rings (SSSR count). The molecular weight excluding hydrogens is 265 g/mol. The van der Waals surface area contributed by atoms with Gasteiger partial charge in [0.2, 0.25) is 0 Å². The Morgan fingerprint density at radius 2 is 2.10 bits per heavy atom. The van der Waals surface area contributed by atoms with Crippen molar-refractivity contribution in [3.8, 4) is 0 Å². The third-order valence-electron chi connectivity index (χ3n) is 3.00. The lowest BCUT2D eigenvalue weighted by molar-refractivity contribution is -0.143. The number of benzene rings is 1. The summed E-state index contributed by atoms with van der Waals surface area (Å²) in [5.74, 6) is -2.20. The number of rotatable bonds is 5. The number of hydrogen-bond donors (Lipinski definition) is 0. The van der Waals surface area contributed by atoms with E-state index in [0.29, 0.717) is 13.0 Å². The highest BCUT2D eigenvalue weighted by Crippen LogP contribution is 2.29. The summed E-state index contributed by atoms with van der Waals surface area (Å²) in [5.41, 5.74) is 0.469. The molecule has 106 valence electrons. The number of esters is 1. The summed E-state index contributed by atoms with van der Waals surface area (Å²) >= 11 is 0. The third kappa shape index (κ3) is 2.68. The second-order valence-corrected chi connectivity index (χ2v) is 4.36. The van der Waals surface area contributed by atoms with Gasteiger partial charge in [0.25, 0.3) is 11.7 Å². The molecule has 0 aliphatic carbocycles. The molecule has 1 aliphatic rings. The van der Waals surface area contributed by atoms with Gasteiger partial charge in [0.1, 0.15) is 5.82 Å². The van der Waals surface area contributed by atoms with Crippen molar-refractivity contribution in [1.29, 1.82) is 0 Å². The van der Waals surface area contributed by atoms with E-state index in [-0.39, 0.29) is 30.2 Å². The Morgan fingerprint density at radius 1 is 1.35 bits per heavy atom. The van der Waals surface area contributed by atoms with Gasteiger partial charge in [-0.3, -0.25) is 14.4 Å². The van der Waals surface area contributed by atoms with Crippen molar-refractivity contribution in [2.45, 2.75) is 19.8 Å². The highest BCUT2D eigenvalue weighted by Gasteiger charge is 2.35. The molecule has 0 N–H and O–H groups in total. The first-order valence-electron chi connectivity index (χ1n) is 6.36. The number of hydrogen-bond acceptors (Lipinski definition) is 4. The average Bonchev–Trinajstić information content (AvgIpc) is 2.63. The summed E-state index contributed by atoms with van der Waals surface area (Å²) in [5, 5.41) is 0. The Kier molecular flexibility index (Phi) is 4.12. The molecule has 1 heterocycles. The Morgan fingerprint density at radius 3 is 2.80 bits per heavy atom. The van der Waals surface area contributed by atoms with Crippen molar-refractivity contribution < 1.29 is 23.5 Å². The lowest BCUT2D eigenvalue weighted by Crippen LogP contribution is -2.31. The van der Waals surface area contributed by atoms with Gasteiger partial charge in [-0.05, 0) is 31.5 Å². The number of ether oxygens (including phenoxy) is 1. The van der Waals surface area contributed by atoms with Gasteiger partial charge in [0, 0.05) is 13.0 Å². The molecule has 0 unspecified atom stereocenters. The molecule has 0 aromatic heterocycles.